The van der Waals surface area contributed by atoms with E-state index in [0.29, 0.717) is 24.9 Å². The quantitative estimate of drug-likeness (QED) is 0.674. The number of hydrogen-bond acceptors (Lipinski definition) is 3. The topological polar surface area (TPSA) is 52.3 Å². The number of esters is 1. The van der Waals surface area contributed by atoms with Crippen LogP contribution in [-0.4, -0.2) is 18.1 Å². The van der Waals surface area contributed by atoms with Crippen LogP contribution in [0.3, 0.4) is 0 Å². The van der Waals surface area contributed by atoms with Gasteiger partial charge in [-0.15, -0.1) is 0 Å². The summed E-state index contributed by atoms with van der Waals surface area (Å²) in [5.74, 6) is 0.903. The van der Waals surface area contributed by atoms with Gasteiger partial charge in [0, 0.05) is 5.54 Å². The molecule has 3 heteroatoms. The first-order chi connectivity index (χ1) is 5.99. The van der Waals surface area contributed by atoms with Crippen LogP contribution in [0, 0.1) is 11.8 Å². The molecule has 0 heterocycles. The summed E-state index contributed by atoms with van der Waals surface area (Å²) in [6.07, 6.45) is 1.30. The van der Waals surface area contributed by atoms with Gasteiger partial charge in [0.25, 0.3) is 0 Å². The number of carbonyl (C=O) groups is 1. The predicted molar refractivity (Wildman–Crippen MR) is 51.1 cm³/mol. The Bertz CT molecular complexity index is 205. The average molecular weight is 185 g/mol. The smallest absolute Gasteiger partial charge is 0.307 e. The average Bonchev–Trinajstić information content (AvgIpc) is 2.04. The van der Waals surface area contributed by atoms with Crippen LogP contribution in [0.25, 0.3) is 0 Å². The number of ether oxygens (including phenoxy) is 1. The minimum atomic E-state index is -0.300. The van der Waals surface area contributed by atoms with Gasteiger partial charge in [0.2, 0.25) is 0 Å². The van der Waals surface area contributed by atoms with Crippen molar-refractivity contribution >= 4 is 5.97 Å². The lowest BCUT2D eigenvalue weighted by Crippen LogP contribution is -2.59. The van der Waals surface area contributed by atoms with Crippen molar-refractivity contribution in [1.29, 1.82) is 0 Å². The predicted octanol–water partition coefficient (Wildman–Crippen LogP) is 1.31. The molecule has 0 saturated heterocycles. The molecule has 0 aromatic carbocycles. The van der Waals surface area contributed by atoms with Gasteiger partial charge >= 0.3 is 5.97 Å². The highest BCUT2D eigenvalue weighted by molar-refractivity contribution is 5.71. The zero-order valence-electron chi connectivity index (χ0n) is 8.67. The summed E-state index contributed by atoms with van der Waals surface area (Å²) in [6.45, 7) is 6.53. The summed E-state index contributed by atoms with van der Waals surface area (Å²) >= 11 is 0. The van der Waals surface area contributed by atoms with Crippen LogP contribution < -0.4 is 5.73 Å². The maximum atomic E-state index is 11.2. The molecule has 0 amide bonds. The SMILES string of the molecule is CCOC(=O)CC1(N)CC(C)C1C. The second-order valence-corrected chi connectivity index (χ2v) is 4.19. The molecule has 0 aliphatic heterocycles. The van der Waals surface area contributed by atoms with E-state index < -0.39 is 0 Å². The summed E-state index contributed by atoms with van der Waals surface area (Å²) in [7, 11) is 0. The molecule has 0 aromatic heterocycles. The molecular formula is C10H19NO2. The number of nitrogens with two attached hydrogens (primary N) is 1. The van der Waals surface area contributed by atoms with Gasteiger partial charge in [0.05, 0.1) is 13.0 Å². The second-order valence-electron chi connectivity index (χ2n) is 4.19. The zero-order chi connectivity index (χ0) is 10.1. The molecule has 2 N–H and O–H groups in total. The third-order valence-electron chi connectivity index (χ3n) is 3.24. The second kappa shape index (κ2) is 3.66. The lowest BCUT2D eigenvalue weighted by Gasteiger charge is -2.49. The highest BCUT2D eigenvalue weighted by Gasteiger charge is 2.47. The van der Waals surface area contributed by atoms with Crippen LogP contribution in [-0.2, 0) is 9.53 Å². The van der Waals surface area contributed by atoms with Crippen molar-refractivity contribution in [2.24, 2.45) is 17.6 Å². The Labute approximate surface area is 79.6 Å². The molecule has 0 bridgehead atoms. The molecule has 1 saturated carbocycles. The van der Waals surface area contributed by atoms with E-state index in [1.165, 1.54) is 0 Å². The fourth-order valence-electron chi connectivity index (χ4n) is 2.08. The molecule has 76 valence electrons. The van der Waals surface area contributed by atoms with Gasteiger partial charge in [-0.2, -0.15) is 0 Å². The van der Waals surface area contributed by atoms with Crippen molar-refractivity contribution in [2.75, 3.05) is 6.61 Å². The molecule has 0 radical (unpaired) electrons. The normalized spacial score (nSPS) is 38.2. The fourth-order valence-corrected chi connectivity index (χ4v) is 2.08. The Morgan fingerprint density at radius 1 is 1.62 bits per heavy atom. The van der Waals surface area contributed by atoms with Gasteiger partial charge in [0.1, 0.15) is 0 Å². The zero-order valence-corrected chi connectivity index (χ0v) is 8.67. The van der Waals surface area contributed by atoms with Crippen LogP contribution in [0.4, 0.5) is 0 Å². The van der Waals surface area contributed by atoms with Gasteiger partial charge in [-0.25, -0.2) is 0 Å². The first kappa shape index (κ1) is 10.5. The van der Waals surface area contributed by atoms with Crippen molar-refractivity contribution in [3.8, 4) is 0 Å². The van der Waals surface area contributed by atoms with Crippen molar-refractivity contribution in [2.45, 2.75) is 39.2 Å². The lowest BCUT2D eigenvalue weighted by atomic mass is 9.60. The van der Waals surface area contributed by atoms with Crippen molar-refractivity contribution in [3.63, 3.8) is 0 Å². The van der Waals surface area contributed by atoms with Gasteiger partial charge in [-0.3, -0.25) is 4.79 Å². The first-order valence-corrected chi connectivity index (χ1v) is 4.94. The number of carbonyl (C=O) groups excluding carboxylic acids is 1. The third kappa shape index (κ3) is 2.02. The van der Waals surface area contributed by atoms with Gasteiger partial charge in [-0.05, 0) is 25.2 Å². The molecule has 1 aliphatic carbocycles. The summed E-state index contributed by atoms with van der Waals surface area (Å²) < 4.78 is 4.88. The minimum Gasteiger partial charge on any atom is -0.466 e. The molecule has 13 heavy (non-hydrogen) atoms. The number of rotatable bonds is 3. The monoisotopic (exact) mass is 185 g/mol. The van der Waals surface area contributed by atoms with Crippen LogP contribution in [0.1, 0.15) is 33.6 Å². The molecule has 1 fully saturated rings. The molecule has 0 aromatic rings. The summed E-state index contributed by atoms with van der Waals surface area (Å²) in [5.41, 5.74) is 5.77. The van der Waals surface area contributed by atoms with E-state index in [9.17, 15) is 4.79 Å². The Morgan fingerprint density at radius 2 is 2.23 bits per heavy atom. The molecule has 3 unspecified atom stereocenters. The maximum Gasteiger partial charge on any atom is 0.307 e. The third-order valence-corrected chi connectivity index (χ3v) is 3.24. The van der Waals surface area contributed by atoms with E-state index >= 15 is 0 Å². The fraction of sp³-hybridized carbons (Fsp3) is 0.900. The Morgan fingerprint density at radius 3 is 2.62 bits per heavy atom. The Kier molecular flexibility index (Phi) is 2.96. The van der Waals surface area contributed by atoms with Crippen molar-refractivity contribution in [3.05, 3.63) is 0 Å². The van der Waals surface area contributed by atoms with E-state index in [1.807, 2.05) is 6.92 Å². The van der Waals surface area contributed by atoms with Gasteiger partial charge in [0.15, 0.2) is 0 Å². The molecular weight excluding hydrogens is 166 g/mol. The highest BCUT2D eigenvalue weighted by Crippen LogP contribution is 2.43. The van der Waals surface area contributed by atoms with E-state index in [4.69, 9.17) is 10.5 Å². The molecule has 1 aliphatic rings. The molecule has 3 nitrogen and oxygen atoms in total. The van der Waals surface area contributed by atoms with Gasteiger partial charge in [-0.1, -0.05) is 13.8 Å². The lowest BCUT2D eigenvalue weighted by molar-refractivity contribution is -0.147. The van der Waals surface area contributed by atoms with E-state index in [1.54, 1.807) is 0 Å². The minimum absolute atomic E-state index is 0.163. The van der Waals surface area contributed by atoms with Crippen molar-refractivity contribution < 1.29 is 9.53 Å². The van der Waals surface area contributed by atoms with Crippen LogP contribution in [0.5, 0.6) is 0 Å². The van der Waals surface area contributed by atoms with E-state index in [2.05, 4.69) is 13.8 Å². The van der Waals surface area contributed by atoms with Gasteiger partial charge < -0.3 is 10.5 Å². The Balaban J connectivity index is 2.41. The molecule has 3 atom stereocenters. The first-order valence-electron chi connectivity index (χ1n) is 4.94. The van der Waals surface area contributed by atoms with Crippen LogP contribution in [0.2, 0.25) is 0 Å². The Hall–Kier alpha value is -0.570. The van der Waals surface area contributed by atoms with E-state index in [-0.39, 0.29) is 11.5 Å². The summed E-state index contributed by atoms with van der Waals surface area (Å²) in [5, 5.41) is 0. The van der Waals surface area contributed by atoms with E-state index in [0.717, 1.165) is 6.42 Å². The summed E-state index contributed by atoms with van der Waals surface area (Å²) in [6, 6.07) is 0. The molecule has 1 rings (SSSR count). The van der Waals surface area contributed by atoms with Crippen molar-refractivity contribution in [1.82, 2.24) is 0 Å². The largest absolute Gasteiger partial charge is 0.466 e. The summed E-state index contributed by atoms with van der Waals surface area (Å²) in [4.78, 5) is 11.2. The maximum absolute atomic E-state index is 11.2. The molecule has 0 spiro atoms. The van der Waals surface area contributed by atoms with Crippen LogP contribution >= 0.6 is 0 Å². The number of hydrogen-bond donors (Lipinski definition) is 1. The van der Waals surface area contributed by atoms with Crippen LogP contribution in [0.15, 0.2) is 0 Å². The highest BCUT2D eigenvalue weighted by atomic mass is 16.5. The standard InChI is InChI=1S/C10H19NO2/c1-4-13-9(12)6-10(11)5-7(2)8(10)3/h7-8H,4-6,11H2,1-3H3.